The van der Waals surface area contributed by atoms with Gasteiger partial charge in [0.15, 0.2) is 0 Å². The molecule has 3 rings (SSSR count). The van der Waals surface area contributed by atoms with Gasteiger partial charge in [0.1, 0.15) is 40.9 Å². The van der Waals surface area contributed by atoms with Crippen molar-refractivity contribution in [1.82, 2.24) is 20.2 Å². The lowest BCUT2D eigenvalue weighted by Gasteiger charge is -2.21. The maximum atomic E-state index is 9.95. The number of hydrogen-bond acceptors (Lipinski definition) is 10. The van der Waals surface area contributed by atoms with Gasteiger partial charge in [0.25, 0.3) is 0 Å². The number of rotatable bonds is 10. The zero-order valence-electron chi connectivity index (χ0n) is 18.2. The molecule has 0 amide bonds. The Kier molecular flexibility index (Phi) is 8.52. The molecule has 34 heavy (non-hydrogen) atoms. The topological polar surface area (TPSA) is 130 Å². The van der Waals surface area contributed by atoms with Crippen LogP contribution in [0.5, 0.6) is 5.75 Å². The molecule has 162 valence electrons. The van der Waals surface area contributed by atoms with Gasteiger partial charge in [-0.3, -0.25) is 4.98 Å². The number of anilines is 1. The predicted molar refractivity (Wildman–Crippen MR) is 129 cm³/mol. The maximum Gasteiger partial charge on any atom is 0.145 e. The molecule has 0 atom stereocenters. The quantitative estimate of drug-likeness (QED) is 0.269. The summed E-state index contributed by atoms with van der Waals surface area (Å²) < 4.78 is 10.5. The zero-order valence-corrected chi connectivity index (χ0v) is 19.0. The van der Waals surface area contributed by atoms with Crippen molar-refractivity contribution in [2.75, 3.05) is 25.6 Å². The smallest absolute Gasteiger partial charge is 0.145 e. The summed E-state index contributed by atoms with van der Waals surface area (Å²) in [5, 5.41) is 29.3. The van der Waals surface area contributed by atoms with Gasteiger partial charge < -0.3 is 14.8 Å². The van der Waals surface area contributed by atoms with E-state index in [1.165, 1.54) is 18.0 Å². The summed E-state index contributed by atoms with van der Waals surface area (Å²) in [6.45, 7) is 0.217. The summed E-state index contributed by atoms with van der Waals surface area (Å²) >= 11 is 1.32. The van der Waals surface area contributed by atoms with Crippen molar-refractivity contribution in [2.45, 2.75) is 16.1 Å². The summed E-state index contributed by atoms with van der Waals surface area (Å²) in [6, 6.07) is 11.2. The largest absolute Gasteiger partial charge is 0.490 e. The Labute approximate surface area is 205 Å². The average molecular weight is 463 g/mol. The highest BCUT2D eigenvalue weighted by atomic mass is 32.2. The van der Waals surface area contributed by atoms with Crippen molar-refractivity contribution >= 4 is 41.1 Å². The molecular weight excluding hydrogens is 447 g/mol. The Morgan fingerprint density at radius 3 is 2.50 bits per heavy atom. The normalized spacial score (nSPS) is 10.8. The lowest BCUT2D eigenvalue weighted by atomic mass is 9.52. The van der Waals surface area contributed by atoms with E-state index in [-0.39, 0.29) is 24.3 Å². The minimum absolute atomic E-state index is 0.0741. The van der Waals surface area contributed by atoms with E-state index >= 15 is 0 Å². The molecule has 0 fully saturated rings. The summed E-state index contributed by atoms with van der Waals surface area (Å²) in [6.07, 6.45) is 3.06. The van der Waals surface area contributed by atoms with Crippen LogP contribution in [0.2, 0.25) is 0 Å². The average Bonchev–Trinajstić information content (AvgIpc) is 2.84. The molecule has 0 saturated carbocycles. The Morgan fingerprint density at radius 1 is 1.12 bits per heavy atom. The van der Waals surface area contributed by atoms with E-state index in [0.29, 0.717) is 33.6 Å². The molecule has 9 nitrogen and oxygen atoms in total. The van der Waals surface area contributed by atoms with Crippen LogP contribution in [-0.2, 0) is 10.5 Å². The lowest BCUT2D eigenvalue weighted by molar-refractivity contribution is 0.0948. The van der Waals surface area contributed by atoms with Crippen molar-refractivity contribution in [3.63, 3.8) is 0 Å². The highest BCUT2D eigenvalue weighted by Gasteiger charge is 2.22. The molecule has 0 bridgehead atoms. The molecular formula is C21H16B3N7O2S. The van der Waals surface area contributed by atoms with Gasteiger partial charge in [0.05, 0.1) is 53.3 Å². The molecule has 0 saturated heterocycles. The van der Waals surface area contributed by atoms with E-state index in [0.717, 1.165) is 5.69 Å². The maximum absolute atomic E-state index is 9.95. The molecule has 0 aliphatic rings. The van der Waals surface area contributed by atoms with Crippen LogP contribution in [-0.4, -0.2) is 69.3 Å². The minimum Gasteiger partial charge on any atom is -0.490 e. The van der Waals surface area contributed by atoms with E-state index in [1.807, 2.05) is 6.07 Å². The molecule has 13 heteroatoms. The Morgan fingerprint density at radius 2 is 1.91 bits per heavy atom. The monoisotopic (exact) mass is 463 g/mol. The van der Waals surface area contributed by atoms with Crippen LogP contribution in [0.4, 0.5) is 5.82 Å². The van der Waals surface area contributed by atoms with Crippen molar-refractivity contribution < 1.29 is 9.47 Å². The van der Waals surface area contributed by atoms with Crippen molar-refractivity contribution in [3.05, 3.63) is 53.5 Å². The van der Waals surface area contributed by atoms with Crippen LogP contribution in [0.3, 0.4) is 0 Å². The number of hydrogen-bond donors (Lipinski definition) is 1. The second-order valence-electron chi connectivity index (χ2n) is 6.80. The lowest BCUT2D eigenvalue weighted by Crippen LogP contribution is -2.35. The number of thioether (sulfide) groups is 1. The van der Waals surface area contributed by atoms with Crippen molar-refractivity contribution in [2.24, 2.45) is 0 Å². The fraction of sp³-hybridized carbons (Fsp3) is 0.238. The molecule has 3 aromatic heterocycles. The third kappa shape index (κ3) is 6.50. The summed E-state index contributed by atoms with van der Waals surface area (Å²) in [7, 11) is 17.7. The molecule has 0 aliphatic heterocycles. The molecule has 3 heterocycles. The van der Waals surface area contributed by atoms with Crippen LogP contribution in [0.15, 0.2) is 41.7 Å². The fourth-order valence-electron chi connectivity index (χ4n) is 2.86. The summed E-state index contributed by atoms with van der Waals surface area (Å²) in [5.41, 5.74) is 1.98. The number of ether oxygens (including phenoxy) is 2. The molecule has 6 radical (unpaired) electrons. The van der Waals surface area contributed by atoms with Gasteiger partial charge >= 0.3 is 0 Å². The standard InChI is InChI=1S/C21H16B3N7O2S/c1-27-19-15(9-25)18(16(10-26)20(30-19)34-12-13-3-2-6-29-31-13)17-5-4-14(11-28-17)32-7-8-33-21(22,23)24/h2-6,11H,7-8,12H2,1H3,(H,27,30). The van der Waals surface area contributed by atoms with Gasteiger partial charge in [-0.1, -0.05) is 11.8 Å². The highest BCUT2D eigenvalue weighted by Crippen LogP contribution is 2.36. The van der Waals surface area contributed by atoms with Crippen LogP contribution in [0, 0.1) is 22.7 Å². The number of nitrogens with zero attached hydrogens (tertiary/aromatic N) is 6. The molecule has 0 aliphatic carbocycles. The minimum atomic E-state index is -1.73. The molecule has 0 unspecified atom stereocenters. The third-order valence-electron chi connectivity index (χ3n) is 4.31. The fourth-order valence-corrected chi connectivity index (χ4v) is 3.75. The predicted octanol–water partition coefficient (Wildman–Crippen LogP) is 1.52. The van der Waals surface area contributed by atoms with Gasteiger partial charge in [0, 0.05) is 24.6 Å². The van der Waals surface area contributed by atoms with Crippen LogP contribution >= 0.6 is 11.8 Å². The van der Waals surface area contributed by atoms with Gasteiger partial charge in [-0.25, -0.2) is 4.98 Å². The zero-order chi connectivity index (χ0) is 24.6. The SMILES string of the molecule is [B]C([B])([B])OCCOc1ccc(-c2c(C#N)c(NC)nc(SCc3cccnn3)c2C#N)nc1. The second-order valence-corrected chi connectivity index (χ2v) is 7.76. The Balaban J connectivity index is 1.90. The van der Waals surface area contributed by atoms with Crippen LogP contribution < -0.4 is 10.1 Å². The molecule has 3 aromatic rings. The first-order chi connectivity index (χ1) is 16.4. The van der Waals surface area contributed by atoms with Gasteiger partial charge in [0.2, 0.25) is 0 Å². The summed E-state index contributed by atoms with van der Waals surface area (Å²) in [5.74, 6) is 1.23. The highest BCUT2D eigenvalue weighted by molar-refractivity contribution is 7.98. The number of nitriles is 2. The van der Waals surface area contributed by atoms with Gasteiger partial charge in [-0.15, -0.1) is 0 Å². The third-order valence-corrected chi connectivity index (χ3v) is 5.31. The first-order valence-corrected chi connectivity index (χ1v) is 10.9. The first-order valence-electron chi connectivity index (χ1n) is 9.91. The second kappa shape index (κ2) is 11.5. The Bertz CT molecular complexity index is 1210. The number of aromatic nitrogens is 4. The van der Waals surface area contributed by atoms with Crippen LogP contribution in [0.25, 0.3) is 11.3 Å². The summed E-state index contributed by atoms with van der Waals surface area (Å²) in [4.78, 5) is 8.88. The van der Waals surface area contributed by atoms with E-state index in [4.69, 9.17) is 33.0 Å². The molecule has 0 spiro atoms. The van der Waals surface area contributed by atoms with E-state index in [2.05, 4.69) is 37.6 Å². The number of pyridine rings is 2. The van der Waals surface area contributed by atoms with E-state index in [1.54, 1.807) is 31.4 Å². The van der Waals surface area contributed by atoms with Crippen LogP contribution in [0.1, 0.15) is 16.8 Å². The van der Waals surface area contributed by atoms with Gasteiger partial charge in [-0.05, 0) is 29.6 Å². The molecule has 1 N–H and O–H groups in total. The van der Waals surface area contributed by atoms with Crippen molar-refractivity contribution in [1.29, 1.82) is 10.5 Å². The van der Waals surface area contributed by atoms with Gasteiger partial charge in [-0.2, -0.15) is 20.7 Å². The van der Waals surface area contributed by atoms with E-state index in [9.17, 15) is 10.5 Å². The first kappa shape index (κ1) is 25.1. The molecule has 0 aromatic carbocycles. The van der Waals surface area contributed by atoms with Crippen molar-refractivity contribution in [3.8, 4) is 29.1 Å². The number of nitrogens with one attached hydrogen (secondary N) is 1. The van der Waals surface area contributed by atoms with E-state index < -0.39 is 5.30 Å². The Hall–Kier alpha value is -3.54.